The van der Waals surface area contributed by atoms with Gasteiger partial charge in [0.05, 0.1) is 4.92 Å². The van der Waals surface area contributed by atoms with E-state index in [-0.39, 0.29) is 12.3 Å². The van der Waals surface area contributed by atoms with Gasteiger partial charge in [0.2, 0.25) is 5.91 Å². The summed E-state index contributed by atoms with van der Waals surface area (Å²) in [5.41, 5.74) is 11.5. The number of nitro benzene ring substituents is 1. The molecular formula is C11H15N3O4. The van der Waals surface area contributed by atoms with E-state index in [1.807, 2.05) is 0 Å². The number of amides is 1. The van der Waals surface area contributed by atoms with E-state index in [2.05, 4.69) is 0 Å². The molecule has 1 unspecified atom stereocenters. The van der Waals surface area contributed by atoms with Crippen LogP contribution >= 0.6 is 0 Å². The Bertz CT molecular complexity index is 487. The lowest BCUT2D eigenvalue weighted by molar-refractivity contribution is -0.385. The summed E-state index contributed by atoms with van der Waals surface area (Å²) in [6.45, 7) is 3.23. The highest BCUT2D eigenvalue weighted by atomic mass is 16.6. The van der Waals surface area contributed by atoms with Crippen LogP contribution in [0.25, 0.3) is 0 Å². The van der Waals surface area contributed by atoms with Crippen molar-refractivity contribution in [3.8, 4) is 5.75 Å². The molecule has 1 atom stereocenters. The van der Waals surface area contributed by atoms with Crippen molar-refractivity contribution >= 4 is 11.6 Å². The Balaban J connectivity index is 2.88. The molecule has 0 saturated carbocycles. The molecule has 0 aromatic heterocycles. The fourth-order valence-corrected chi connectivity index (χ4v) is 1.39. The highest BCUT2D eigenvalue weighted by molar-refractivity contribution is 5.79. The predicted molar refractivity (Wildman–Crippen MR) is 65.2 cm³/mol. The molecule has 1 amide bonds. The third-order valence-electron chi connectivity index (χ3n) is 2.47. The summed E-state index contributed by atoms with van der Waals surface area (Å²) in [4.78, 5) is 21.0. The van der Waals surface area contributed by atoms with Crippen LogP contribution in [-0.2, 0) is 4.79 Å². The standard InChI is InChI=1S/C11H15N3O4/c1-6-4-10(18-5-8(12)11(13)15)7(2)3-9(6)14(16)17/h3-4,8H,5,12H2,1-2H3,(H2,13,15). The molecule has 1 rings (SSSR count). The van der Waals surface area contributed by atoms with Crippen molar-refractivity contribution in [3.05, 3.63) is 33.4 Å². The van der Waals surface area contributed by atoms with Gasteiger partial charge in [-0.25, -0.2) is 0 Å². The second-order valence-corrected chi connectivity index (χ2v) is 3.98. The molecule has 1 aromatic carbocycles. The van der Waals surface area contributed by atoms with Gasteiger partial charge in [-0.1, -0.05) is 0 Å². The fourth-order valence-electron chi connectivity index (χ4n) is 1.39. The lowest BCUT2D eigenvalue weighted by atomic mass is 10.1. The molecule has 0 aliphatic carbocycles. The van der Waals surface area contributed by atoms with Crippen LogP contribution in [0.4, 0.5) is 5.69 Å². The number of nitrogens with two attached hydrogens (primary N) is 2. The van der Waals surface area contributed by atoms with Crippen LogP contribution in [-0.4, -0.2) is 23.5 Å². The van der Waals surface area contributed by atoms with E-state index in [1.54, 1.807) is 19.9 Å². The van der Waals surface area contributed by atoms with Gasteiger partial charge in [-0.2, -0.15) is 0 Å². The van der Waals surface area contributed by atoms with Crippen LogP contribution < -0.4 is 16.2 Å². The minimum absolute atomic E-state index is 0.0269. The Kier molecular flexibility index (Phi) is 4.22. The normalized spacial score (nSPS) is 11.9. The second-order valence-electron chi connectivity index (χ2n) is 3.98. The predicted octanol–water partition coefficient (Wildman–Crippen LogP) is 0.403. The number of nitro groups is 1. The Labute approximate surface area is 104 Å². The van der Waals surface area contributed by atoms with Crippen molar-refractivity contribution in [2.24, 2.45) is 11.5 Å². The van der Waals surface area contributed by atoms with Gasteiger partial charge < -0.3 is 16.2 Å². The quantitative estimate of drug-likeness (QED) is 0.581. The van der Waals surface area contributed by atoms with Crippen LogP contribution in [0.15, 0.2) is 12.1 Å². The molecule has 7 nitrogen and oxygen atoms in total. The van der Waals surface area contributed by atoms with E-state index in [0.717, 1.165) is 0 Å². The van der Waals surface area contributed by atoms with Gasteiger partial charge in [-0.15, -0.1) is 0 Å². The molecule has 0 heterocycles. The molecule has 0 saturated heterocycles. The zero-order valence-electron chi connectivity index (χ0n) is 10.2. The van der Waals surface area contributed by atoms with Crippen molar-refractivity contribution in [2.75, 3.05) is 6.61 Å². The Morgan fingerprint density at radius 1 is 1.44 bits per heavy atom. The summed E-state index contributed by atoms with van der Waals surface area (Å²) in [6, 6.07) is 2.06. The molecule has 0 spiro atoms. The molecule has 7 heteroatoms. The van der Waals surface area contributed by atoms with Gasteiger partial charge in [0, 0.05) is 11.6 Å². The van der Waals surface area contributed by atoms with Crippen molar-refractivity contribution in [3.63, 3.8) is 0 Å². The molecule has 0 aliphatic heterocycles. The topological polar surface area (TPSA) is 121 Å². The molecular weight excluding hydrogens is 238 g/mol. The first kappa shape index (κ1) is 13.9. The highest BCUT2D eigenvalue weighted by Gasteiger charge is 2.15. The van der Waals surface area contributed by atoms with Crippen molar-refractivity contribution in [2.45, 2.75) is 19.9 Å². The first-order chi connectivity index (χ1) is 8.32. The van der Waals surface area contributed by atoms with Crippen molar-refractivity contribution in [1.82, 2.24) is 0 Å². The Hall–Kier alpha value is -2.15. The van der Waals surface area contributed by atoms with Crippen molar-refractivity contribution in [1.29, 1.82) is 0 Å². The van der Waals surface area contributed by atoms with Crippen molar-refractivity contribution < 1.29 is 14.5 Å². The highest BCUT2D eigenvalue weighted by Crippen LogP contribution is 2.27. The number of hydrogen-bond donors (Lipinski definition) is 2. The molecule has 98 valence electrons. The number of ether oxygens (including phenoxy) is 1. The molecule has 4 N–H and O–H groups in total. The largest absolute Gasteiger partial charge is 0.491 e. The maximum absolute atomic E-state index is 10.7. The van der Waals surface area contributed by atoms with E-state index < -0.39 is 16.9 Å². The van der Waals surface area contributed by atoms with Crippen LogP contribution in [0.3, 0.4) is 0 Å². The third kappa shape index (κ3) is 3.17. The smallest absolute Gasteiger partial charge is 0.272 e. The van der Waals surface area contributed by atoms with Gasteiger partial charge in [-0.3, -0.25) is 14.9 Å². The fraction of sp³-hybridized carbons (Fsp3) is 0.364. The Morgan fingerprint density at radius 3 is 2.56 bits per heavy atom. The summed E-state index contributed by atoms with van der Waals surface area (Å²) < 4.78 is 5.33. The molecule has 0 aliphatic rings. The first-order valence-corrected chi connectivity index (χ1v) is 5.26. The zero-order chi connectivity index (χ0) is 13.9. The average molecular weight is 253 g/mol. The number of hydrogen-bond acceptors (Lipinski definition) is 5. The van der Waals surface area contributed by atoms with E-state index in [9.17, 15) is 14.9 Å². The van der Waals surface area contributed by atoms with Gasteiger partial charge in [0.1, 0.15) is 18.4 Å². The van der Waals surface area contributed by atoms with E-state index >= 15 is 0 Å². The van der Waals surface area contributed by atoms with E-state index in [1.165, 1.54) is 6.07 Å². The van der Waals surface area contributed by atoms with E-state index in [4.69, 9.17) is 16.2 Å². The molecule has 0 fully saturated rings. The number of primary amides is 1. The van der Waals surface area contributed by atoms with Gasteiger partial charge >= 0.3 is 0 Å². The second kappa shape index (κ2) is 5.46. The van der Waals surface area contributed by atoms with Crippen LogP contribution in [0.1, 0.15) is 11.1 Å². The average Bonchev–Trinajstić information content (AvgIpc) is 2.28. The number of aryl methyl sites for hydroxylation is 2. The minimum atomic E-state index is -0.903. The molecule has 0 radical (unpaired) electrons. The molecule has 18 heavy (non-hydrogen) atoms. The summed E-state index contributed by atoms with van der Waals surface area (Å²) in [7, 11) is 0. The monoisotopic (exact) mass is 253 g/mol. The first-order valence-electron chi connectivity index (χ1n) is 5.26. The Morgan fingerprint density at radius 2 is 2.06 bits per heavy atom. The van der Waals surface area contributed by atoms with E-state index in [0.29, 0.717) is 16.9 Å². The number of nitrogens with zero attached hydrogens (tertiary/aromatic N) is 1. The number of benzene rings is 1. The number of carbonyl (C=O) groups excluding carboxylic acids is 1. The van der Waals surface area contributed by atoms with Crippen LogP contribution in [0.2, 0.25) is 0 Å². The summed E-state index contributed by atoms with van der Waals surface area (Å²) in [6.07, 6.45) is 0. The maximum Gasteiger partial charge on any atom is 0.272 e. The zero-order valence-corrected chi connectivity index (χ0v) is 10.2. The lowest BCUT2D eigenvalue weighted by Crippen LogP contribution is -2.41. The van der Waals surface area contributed by atoms with Gasteiger partial charge in [0.15, 0.2) is 0 Å². The lowest BCUT2D eigenvalue weighted by Gasteiger charge is -2.12. The van der Waals surface area contributed by atoms with Gasteiger partial charge in [-0.05, 0) is 25.5 Å². The van der Waals surface area contributed by atoms with Crippen LogP contribution in [0.5, 0.6) is 5.75 Å². The molecule has 0 bridgehead atoms. The van der Waals surface area contributed by atoms with Gasteiger partial charge in [0.25, 0.3) is 5.69 Å². The maximum atomic E-state index is 10.7. The van der Waals surface area contributed by atoms with Crippen LogP contribution in [0, 0.1) is 24.0 Å². The number of rotatable bonds is 5. The summed E-state index contributed by atoms with van der Waals surface area (Å²) in [5.74, 6) is -0.207. The number of carbonyl (C=O) groups is 1. The summed E-state index contributed by atoms with van der Waals surface area (Å²) in [5, 5.41) is 10.7. The SMILES string of the molecule is Cc1cc([N+](=O)[O-])c(C)cc1OCC(N)C(N)=O. The third-order valence-corrected chi connectivity index (χ3v) is 2.47. The summed E-state index contributed by atoms with van der Waals surface area (Å²) >= 11 is 0. The minimum Gasteiger partial charge on any atom is -0.491 e. The molecule has 1 aromatic rings.